The van der Waals surface area contributed by atoms with E-state index in [9.17, 15) is 14.2 Å². The lowest BCUT2D eigenvalue weighted by Gasteiger charge is -2.24. The zero-order chi connectivity index (χ0) is 17.5. The van der Waals surface area contributed by atoms with Crippen LogP contribution in [0.4, 0.5) is 10.5 Å². The Morgan fingerprint density at radius 2 is 1.91 bits per heavy atom. The number of hydrogen-bond acceptors (Lipinski definition) is 5. The molecule has 4 N–H and O–H groups in total. The standard InChI is InChI=1S/C13H19ClN3O5P/c1-3-21-23(20,22-4-2)12(11(15)18)17-13(19)16-10-7-5-6-9(14)8-10/h5-8,12H,3-4H2,1-2H3,(H2,15,18)(H2,16,17,19). The van der Waals surface area contributed by atoms with Gasteiger partial charge in [0.1, 0.15) is 0 Å². The van der Waals surface area contributed by atoms with Gasteiger partial charge in [0.2, 0.25) is 5.78 Å². The van der Waals surface area contributed by atoms with E-state index in [0.717, 1.165) is 0 Å². The minimum absolute atomic E-state index is 0.0264. The summed E-state index contributed by atoms with van der Waals surface area (Å²) in [5.74, 6) is -2.64. The van der Waals surface area contributed by atoms with Crippen molar-refractivity contribution in [2.45, 2.75) is 19.6 Å². The number of nitrogens with one attached hydrogen (secondary N) is 2. The summed E-state index contributed by atoms with van der Waals surface area (Å²) in [6.07, 6.45) is 0. The monoisotopic (exact) mass is 363 g/mol. The number of primary amides is 1. The van der Waals surface area contributed by atoms with E-state index in [1.165, 1.54) is 6.07 Å². The molecule has 0 bridgehead atoms. The number of rotatable bonds is 8. The van der Waals surface area contributed by atoms with Crippen LogP contribution in [0, 0.1) is 0 Å². The molecule has 0 heterocycles. The Kier molecular flexibility index (Phi) is 7.51. The van der Waals surface area contributed by atoms with Gasteiger partial charge in [-0.15, -0.1) is 0 Å². The van der Waals surface area contributed by atoms with Gasteiger partial charge >= 0.3 is 13.6 Å². The van der Waals surface area contributed by atoms with Crippen molar-refractivity contribution in [2.24, 2.45) is 5.73 Å². The highest BCUT2D eigenvalue weighted by Gasteiger charge is 2.41. The summed E-state index contributed by atoms with van der Waals surface area (Å²) in [5.41, 5.74) is 5.60. The maximum atomic E-state index is 12.6. The lowest BCUT2D eigenvalue weighted by molar-refractivity contribution is -0.118. The highest BCUT2D eigenvalue weighted by molar-refractivity contribution is 7.55. The smallest absolute Gasteiger partial charge is 0.362 e. The zero-order valence-corrected chi connectivity index (χ0v) is 14.4. The lowest BCUT2D eigenvalue weighted by atomic mass is 10.3. The van der Waals surface area contributed by atoms with E-state index in [4.69, 9.17) is 26.4 Å². The summed E-state index contributed by atoms with van der Waals surface area (Å²) in [4.78, 5) is 23.6. The number of hydrogen-bond donors (Lipinski definition) is 3. The Morgan fingerprint density at radius 1 is 1.30 bits per heavy atom. The van der Waals surface area contributed by atoms with Crippen LogP contribution in [-0.2, 0) is 18.4 Å². The molecule has 0 aliphatic rings. The third-order valence-electron chi connectivity index (χ3n) is 2.55. The van der Waals surface area contributed by atoms with Crippen LogP contribution in [-0.4, -0.2) is 30.9 Å². The van der Waals surface area contributed by atoms with Crippen LogP contribution >= 0.6 is 19.2 Å². The summed E-state index contributed by atoms with van der Waals surface area (Å²) in [6, 6.07) is 5.57. The van der Waals surface area contributed by atoms with Gasteiger partial charge in [-0.05, 0) is 32.0 Å². The van der Waals surface area contributed by atoms with E-state index >= 15 is 0 Å². The quantitative estimate of drug-likeness (QED) is 0.613. The number of carbonyl (C=O) groups is 2. The topological polar surface area (TPSA) is 120 Å². The van der Waals surface area contributed by atoms with Gasteiger partial charge in [0.05, 0.1) is 13.2 Å². The van der Waals surface area contributed by atoms with Gasteiger partial charge in [-0.3, -0.25) is 9.36 Å². The summed E-state index contributed by atoms with van der Waals surface area (Å²) in [6.45, 7) is 3.21. The van der Waals surface area contributed by atoms with Gasteiger partial charge in [-0.2, -0.15) is 0 Å². The third kappa shape index (κ3) is 5.84. The molecule has 1 unspecified atom stereocenters. The summed E-state index contributed by atoms with van der Waals surface area (Å²) in [5, 5.41) is 5.08. The van der Waals surface area contributed by atoms with E-state index in [-0.39, 0.29) is 13.2 Å². The highest BCUT2D eigenvalue weighted by Crippen LogP contribution is 2.51. The molecule has 0 saturated carbocycles. The van der Waals surface area contributed by atoms with E-state index in [1.54, 1.807) is 32.0 Å². The summed E-state index contributed by atoms with van der Waals surface area (Å²) < 4.78 is 22.7. The molecule has 1 aromatic rings. The van der Waals surface area contributed by atoms with Crippen LogP contribution in [0.5, 0.6) is 0 Å². The van der Waals surface area contributed by atoms with E-state index in [1.807, 2.05) is 0 Å². The first-order valence-corrected chi connectivity index (χ1v) is 8.82. The summed E-state index contributed by atoms with van der Waals surface area (Å²) in [7, 11) is -3.93. The van der Waals surface area contributed by atoms with Crippen LogP contribution in [0.15, 0.2) is 24.3 Å². The van der Waals surface area contributed by atoms with Crippen LogP contribution in [0.25, 0.3) is 0 Å². The van der Waals surface area contributed by atoms with Crippen molar-refractivity contribution in [1.82, 2.24) is 5.32 Å². The molecule has 23 heavy (non-hydrogen) atoms. The molecule has 8 nitrogen and oxygen atoms in total. The Balaban J connectivity index is 2.88. The first kappa shape index (κ1) is 19.4. The predicted octanol–water partition coefficient (Wildman–Crippen LogP) is 2.54. The molecule has 10 heteroatoms. The summed E-state index contributed by atoms with van der Waals surface area (Å²) >= 11 is 5.81. The molecule has 1 atom stereocenters. The molecule has 0 aromatic heterocycles. The van der Waals surface area contributed by atoms with Gasteiger partial charge < -0.3 is 25.4 Å². The molecule has 0 aliphatic carbocycles. The number of halogens is 1. The van der Waals surface area contributed by atoms with Gasteiger partial charge in [-0.25, -0.2) is 4.79 Å². The molecule has 0 saturated heterocycles. The van der Waals surface area contributed by atoms with Crippen molar-refractivity contribution >= 4 is 36.8 Å². The van der Waals surface area contributed by atoms with Crippen LogP contribution in [0.2, 0.25) is 5.02 Å². The fraction of sp³-hybridized carbons (Fsp3) is 0.385. The average molecular weight is 364 g/mol. The van der Waals surface area contributed by atoms with Crippen molar-refractivity contribution in [1.29, 1.82) is 0 Å². The molecule has 0 aliphatic heterocycles. The SMILES string of the molecule is CCOP(=O)(OCC)C(NC(=O)Nc1cccc(Cl)c1)C(N)=O. The second kappa shape index (κ2) is 8.88. The number of benzene rings is 1. The second-order valence-electron chi connectivity index (χ2n) is 4.29. The van der Waals surface area contributed by atoms with Crippen molar-refractivity contribution in [3.63, 3.8) is 0 Å². The van der Waals surface area contributed by atoms with E-state index < -0.39 is 25.3 Å². The van der Waals surface area contributed by atoms with Crippen molar-refractivity contribution in [3.05, 3.63) is 29.3 Å². The van der Waals surface area contributed by atoms with Crippen molar-refractivity contribution < 1.29 is 23.2 Å². The van der Waals surface area contributed by atoms with Crippen LogP contribution < -0.4 is 16.4 Å². The highest BCUT2D eigenvalue weighted by atomic mass is 35.5. The fourth-order valence-corrected chi connectivity index (χ4v) is 3.58. The Labute approximate surface area is 139 Å². The normalized spacial score (nSPS) is 12.5. The minimum Gasteiger partial charge on any atom is -0.367 e. The Morgan fingerprint density at radius 3 is 2.39 bits per heavy atom. The number of urea groups is 1. The molecule has 1 aromatic carbocycles. The van der Waals surface area contributed by atoms with Gasteiger partial charge in [0, 0.05) is 10.7 Å². The van der Waals surface area contributed by atoms with Gasteiger partial charge in [0.15, 0.2) is 0 Å². The molecular formula is C13H19ClN3O5P. The Bertz CT molecular complexity index is 603. The minimum atomic E-state index is -3.93. The van der Waals surface area contributed by atoms with Crippen molar-refractivity contribution in [3.8, 4) is 0 Å². The molecule has 0 fully saturated rings. The first-order chi connectivity index (χ1) is 10.8. The van der Waals surface area contributed by atoms with E-state index in [2.05, 4.69) is 10.6 Å². The van der Waals surface area contributed by atoms with Gasteiger partial charge in [-0.1, -0.05) is 17.7 Å². The fourth-order valence-electron chi connectivity index (χ4n) is 1.71. The number of carbonyl (C=O) groups excluding carboxylic acids is 2. The average Bonchev–Trinajstić information content (AvgIpc) is 2.45. The van der Waals surface area contributed by atoms with Crippen molar-refractivity contribution in [2.75, 3.05) is 18.5 Å². The Hall–Kier alpha value is -1.60. The number of anilines is 1. The molecule has 3 amide bonds. The number of nitrogens with two attached hydrogens (primary N) is 1. The lowest BCUT2D eigenvalue weighted by Crippen LogP contribution is -2.46. The van der Waals surface area contributed by atoms with Crippen LogP contribution in [0.3, 0.4) is 0 Å². The predicted molar refractivity (Wildman–Crippen MR) is 87.4 cm³/mol. The molecule has 1 rings (SSSR count). The van der Waals surface area contributed by atoms with Crippen LogP contribution in [0.1, 0.15) is 13.8 Å². The second-order valence-corrected chi connectivity index (χ2v) is 6.84. The number of amides is 3. The van der Waals surface area contributed by atoms with Gasteiger partial charge in [0.25, 0.3) is 5.91 Å². The molecule has 0 radical (unpaired) electrons. The zero-order valence-electron chi connectivity index (χ0n) is 12.7. The molecule has 0 spiro atoms. The molecular weight excluding hydrogens is 345 g/mol. The van der Waals surface area contributed by atoms with E-state index in [0.29, 0.717) is 10.7 Å². The third-order valence-corrected chi connectivity index (χ3v) is 5.04. The molecule has 128 valence electrons. The maximum absolute atomic E-state index is 12.6. The largest absolute Gasteiger partial charge is 0.367 e. The first-order valence-electron chi connectivity index (χ1n) is 6.83. The maximum Gasteiger partial charge on any atom is 0.362 e.